The van der Waals surface area contributed by atoms with E-state index in [-0.39, 0.29) is 11.9 Å². The van der Waals surface area contributed by atoms with Gasteiger partial charge in [0.25, 0.3) is 5.91 Å². The van der Waals surface area contributed by atoms with E-state index in [1.165, 1.54) is 5.56 Å². The molecule has 0 N–H and O–H groups in total. The van der Waals surface area contributed by atoms with E-state index in [1.807, 2.05) is 42.5 Å². The summed E-state index contributed by atoms with van der Waals surface area (Å²) in [5.74, 6) is -0.0254. The van der Waals surface area contributed by atoms with E-state index in [1.54, 1.807) is 12.0 Å². The van der Waals surface area contributed by atoms with Crippen molar-refractivity contribution >= 4 is 5.91 Å². The molecule has 5 nitrogen and oxygen atoms in total. The number of amides is 1. The van der Waals surface area contributed by atoms with Crippen molar-refractivity contribution in [1.82, 2.24) is 9.80 Å². The molecule has 1 heterocycles. The lowest BCUT2D eigenvalue weighted by Gasteiger charge is -2.38. The summed E-state index contributed by atoms with van der Waals surface area (Å²) in [4.78, 5) is 16.8. The number of hydrogen-bond donors (Lipinski definition) is 0. The Hall–Kier alpha value is -2.68. The highest BCUT2D eigenvalue weighted by Gasteiger charge is 2.30. The summed E-state index contributed by atoms with van der Waals surface area (Å²) in [6.07, 6.45) is 0. The second kappa shape index (κ2) is 8.61. The maximum absolute atomic E-state index is 12.8. The molecule has 1 fully saturated rings. The van der Waals surface area contributed by atoms with Crippen molar-refractivity contribution in [3.63, 3.8) is 0 Å². The lowest BCUT2D eigenvalue weighted by molar-refractivity contribution is 0.0552. The number of benzene rings is 2. The fourth-order valence-electron chi connectivity index (χ4n) is 3.28. The highest BCUT2D eigenvalue weighted by Crippen LogP contribution is 2.17. The second-order valence-electron chi connectivity index (χ2n) is 6.49. The molecule has 3 rings (SSSR count). The van der Waals surface area contributed by atoms with E-state index < -0.39 is 0 Å². The van der Waals surface area contributed by atoms with Crippen molar-refractivity contribution in [3.05, 3.63) is 71.3 Å². The molecule has 26 heavy (non-hydrogen) atoms. The molecule has 0 bridgehead atoms. The maximum atomic E-state index is 12.8. The van der Waals surface area contributed by atoms with Crippen LogP contribution in [0.25, 0.3) is 0 Å². The number of carbonyl (C=O) groups is 1. The molecule has 5 heteroatoms. The maximum Gasteiger partial charge on any atom is 0.253 e. The van der Waals surface area contributed by atoms with Crippen LogP contribution in [-0.2, 0) is 17.9 Å². The number of piperazine rings is 1. The van der Waals surface area contributed by atoms with Gasteiger partial charge in [0.15, 0.2) is 0 Å². The number of methoxy groups -OCH3 is 1. The molecule has 1 aliphatic heterocycles. The lowest BCUT2D eigenvalue weighted by atomic mass is 10.1. The van der Waals surface area contributed by atoms with E-state index >= 15 is 0 Å². The van der Waals surface area contributed by atoms with Gasteiger partial charge in [-0.2, -0.15) is 5.26 Å². The highest BCUT2D eigenvalue weighted by molar-refractivity contribution is 5.94. The Bertz CT molecular complexity index is 785. The zero-order chi connectivity index (χ0) is 18.4. The predicted octanol–water partition coefficient (Wildman–Crippen LogP) is 2.68. The average molecular weight is 349 g/mol. The summed E-state index contributed by atoms with van der Waals surface area (Å²) >= 11 is 0. The van der Waals surface area contributed by atoms with Crippen molar-refractivity contribution in [2.75, 3.05) is 26.7 Å². The highest BCUT2D eigenvalue weighted by atomic mass is 16.5. The number of hydrogen-bond acceptors (Lipinski definition) is 4. The minimum atomic E-state index is -0.296. The molecule has 0 aliphatic carbocycles. The number of rotatable bonds is 5. The minimum absolute atomic E-state index is 0.0254. The average Bonchev–Trinajstić information content (AvgIpc) is 2.69. The third-order valence-electron chi connectivity index (χ3n) is 4.64. The van der Waals surface area contributed by atoms with Crippen molar-refractivity contribution in [2.24, 2.45) is 0 Å². The van der Waals surface area contributed by atoms with Gasteiger partial charge >= 0.3 is 0 Å². The van der Waals surface area contributed by atoms with Crippen LogP contribution in [0.1, 0.15) is 21.5 Å². The van der Waals surface area contributed by atoms with Crippen LogP contribution < -0.4 is 0 Å². The van der Waals surface area contributed by atoms with Gasteiger partial charge in [0.1, 0.15) is 6.04 Å². The SMILES string of the molecule is COCc1cccc(C(=O)N2CCN(Cc3ccccc3)[C@@H](C#N)C2)c1. The topological polar surface area (TPSA) is 56.6 Å². The Labute approximate surface area is 154 Å². The van der Waals surface area contributed by atoms with Gasteiger partial charge in [-0.25, -0.2) is 0 Å². The van der Waals surface area contributed by atoms with E-state index in [9.17, 15) is 10.1 Å². The molecule has 0 aromatic heterocycles. The van der Waals surface area contributed by atoms with Crippen molar-refractivity contribution in [1.29, 1.82) is 5.26 Å². The first-order valence-electron chi connectivity index (χ1n) is 8.76. The lowest BCUT2D eigenvalue weighted by Crippen LogP contribution is -2.53. The molecule has 1 amide bonds. The van der Waals surface area contributed by atoms with Gasteiger partial charge in [0.2, 0.25) is 0 Å². The summed E-state index contributed by atoms with van der Waals surface area (Å²) in [5.41, 5.74) is 2.80. The molecular formula is C21H23N3O2. The van der Waals surface area contributed by atoms with Gasteiger partial charge in [-0.1, -0.05) is 42.5 Å². The first-order chi connectivity index (χ1) is 12.7. The molecule has 2 aromatic rings. The van der Waals surface area contributed by atoms with Crippen LogP contribution in [0.2, 0.25) is 0 Å². The van der Waals surface area contributed by atoms with Gasteiger partial charge in [-0.15, -0.1) is 0 Å². The zero-order valence-corrected chi connectivity index (χ0v) is 15.0. The van der Waals surface area contributed by atoms with E-state index in [0.29, 0.717) is 31.8 Å². The smallest absolute Gasteiger partial charge is 0.253 e. The number of carbonyl (C=O) groups excluding carboxylic acids is 1. The van der Waals surface area contributed by atoms with Crippen LogP contribution in [0.3, 0.4) is 0 Å². The molecule has 2 aromatic carbocycles. The molecule has 0 spiro atoms. The quantitative estimate of drug-likeness (QED) is 0.833. The molecule has 134 valence electrons. The molecule has 0 saturated carbocycles. The van der Waals surface area contributed by atoms with Crippen molar-refractivity contribution < 1.29 is 9.53 Å². The van der Waals surface area contributed by atoms with Gasteiger partial charge in [-0.05, 0) is 23.3 Å². The van der Waals surface area contributed by atoms with E-state index in [4.69, 9.17) is 4.74 Å². The Morgan fingerprint density at radius 1 is 1.15 bits per heavy atom. The zero-order valence-electron chi connectivity index (χ0n) is 15.0. The van der Waals surface area contributed by atoms with Crippen LogP contribution in [-0.4, -0.2) is 48.5 Å². The summed E-state index contributed by atoms with van der Waals surface area (Å²) < 4.78 is 5.14. The van der Waals surface area contributed by atoms with Crippen LogP contribution >= 0.6 is 0 Å². The fourth-order valence-corrected chi connectivity index (χ4v) is 3.28. The van der Waals surface area contributed by atoms with Gasteiger partial charge in [-0.3, -0.25) is 9.69 Å². The summed E-state index contributed by atoms with van der Waals surface area (Å²) in [6.45, 7) is 2.95. The number of ether oxygens (including phenoxy) is 1. The minimum Gasteiger partial charge on any atom is -0.380 e. The number of nitriles is 1. The van der Waals surface area contributed by atoms with Crippen LogP contribution in [0.5, 0.6) is 0 Å². The monoisotopic (exact) mass is 349 g/mol. The predicted molar refractivity (Wildman–Crippen MR) is 99.3 cm³/mol. The first-order valence-corrected chi connectivity index (χ1v) is 8.76. The first kappa shape index (κ1) is 18.1. The summed E-state index contributed by atoms with van der Waals surface area (Å²) in [6, 6.07) is 19.7. The van der Waals surface area contributed by atoms with E-state index in [2.05, 4.69) is 23.1 Å². The van der Waals surface area contributed by atoms with Crippen LogP contribution in [0.15, 0.2) is 54.6 Å². The summed E-state index contributed by atoms with van der Waals surface area (Å²) in [5, 5.41) is 9.58. The fraction of sp³-hybridized carbons (Fsp3) is 0.333. The standard InChI is InChI=1S/C21H23N3O2/c1-26-16-18-8-5-9-19(12-18)21(25)24-11-10-23(20(13-22)15-24)14-17-6-3-2-4-7-17/h2-9,12,20H,10-11,14-16H2,1H3/t20-/m0/s1. The molecule has 1 aliphatic rings. The Morgan fingerprint density at radius 3 is 2.65 bits per heavy atom. The molecule has 0 radical (unpaired) electrons. The van der Waals surface area contributed by atoms with Gasteiger partial charge in [0.05, 0.1) is 12.7 Å². The Kier molecular flexibility index (Phi) is 6.00. The van der Waals surface area contributed by atoms with Crippen molar-refractivity contribution in [2.45, 2.75) is 19.2 Å². The van der Waals surface area contributed by atoms with Gasteiger partial charge < -0.3 is 9.64 Å². The second-order valence-corrected chi connectivity index (χ2v) is 6.49. The molecule has 1 atom stereocenters. The number of nitrogens with zero attached hydrogens (tertiary/aromatic N) is 3. The van der Waals surface area contributed by atoms with Crippen LogP contribution in [0, 0.1) is 11.3 Å². The molecule has 0 unspecified atom stereocenters. The molecular weight excluding hydrogens is 326 g/mol. The van der Waals surface area contributed by atoms with Gasteiger partial charge in [0, 0.05) is 38.9 Å². The van der Waals surface area contributed by atoms with Crippen molar-refractivity contribution in [3.8, 4) is 6.07 Å². The Morgan fingerprint density at radius 2 is 1.92 bits per heavy atom. The third-order valence-corrected chi connectivity index (χ3v) is 4.64. The Balaban J connectivity index is 1.67. The normalized spacial score (nSPS) is 17.7. The molecule has 1 saturated heterocycles. The van der Waals surface area contributed by atoms with Crippen LogP contribution in [0.4, 0.5) is 0 Å². The van der Waals surface area contributed by atoms with E-state index in [0.717, 1.165) is 12.1 Å². The third kappa shape index (κ3) is 4.29. The summed E-state index contributed by atoms with van der Waals surface area (Å²) in [7, 11) is 1.64. The largest absolute Gasteiger partial charge is 0.380 e.